The molecule has 0 aromatic heterocycles. The third-order valence-corrected chi connectivity index (χ3v) is 0.649. The van der Waals surface area contributed by atoms with E-state index in [1.807, 2.05) is 0 Å². The van der Waals surface area contributed by atoms with E-state index in [0.29, 0.717) is 6.42 Å². The highest BCUT2D eigenvalue weighted by molar-refractivity contribution is 4.70. The third kappa shape index (κ3) is 3.49. The Balaban J connectivity index is 2.98. The fraction of sp³-hybridized carbons (Fsp3) is 0.600. The van der Waals surface area contributed by atoms with Crippen LogP contribution in [-0.2, 0) is 0 Å². The molecule has 0 amide bonds. The molecule has 2 N–H and O–H groups in total. The summed E-state index contributed by atoms with van der Waals surface area (Å²) >= 11 is 0. The minimum absolute atomic E-state index is 0.175. The SMILES string of the molecule is C=CCC(O)CO. The summed E-state index contributed by atoms with van der Waals surface area (Å²) in [6.45, 7) is 3.20. The van der Waals surface area contributed by atoms with Crippen molar-refractivity contribution in [3.8, 4) is 0 Å². The first-order valence-electron chi connectivity index (χ1n) is 2.21. The molecule has 42 valence electrons. The smallest absolute Gasteiger partial charge is 0.0805 e. The van der Waals surface area contributed by atoms with Gasteiger partial charge in [0.25, 0.3) is 0 Å². The Morgan fingerprint density at radius 3 is 2.43 bits per heavy atom. The van der Waals surface area contributed by atoms with Crippen molar-refractivity contribution in [3.63, 3.8) is 0 Å². The van der Waals surface area contributed by atoms with Gasteiger partial charge in [-0.15, -0.1) is 6.58 Å². The average Bonchev–Trinajstić information content (AvgIpc) is 1.68. The first kappa shape index (κ1) is 6.66. The second kappa shape index (κ2) is 3.84. The standard InChI is InChI=1S/C5H10O2/c1-2-3-5(7)4-6/h2,5-7H,1,3-4H2. The summed E-state index contributed by atoms with van der Waals surface area (Å²) in [4.78, 5) is 0. The molecule has 0 spiro atoms. The lowest BCUT2D eigenvalue weighted by Crippen LogP contribution is -2.09. The fourth-order valence-electron chi connectivity index (χ4n) is 0.267. The van der Waals surface area contributed by atoms with Crippen molar-refractivity contribution < 1.29 is 10.2 Å². The van der Waals surface area contributed by atoms with Crippen LogP contribution in [0.5, 0.6) is 0 Å². The van der Waals surface area contributed by atoms with Crippen LogP contribution in [0.3, 0.4) is 0 Å². The Kier molecular flexibility index (Phi) is 3.65. The van der Waals surface area contributed by atoms with Gasteiger partial charge in [-0.05, 0) is 6.42 Å². The summed E-state index contributed by atoms with van der Waals surface area (Å²) in [7, 11) is 0. The van der Waals surface area contributed by atoms with Gasteiger partial charge < -0.3 is 10.2 Å². The average molecular weight is 102 g/mol. The molecule has 1 unspecified atom stereocenters. The van der Waals surface area contributed by atoms with E-state index < -0.39 is 6.10 Å². The summed E-state index contributed by atoms with van der Waals surface area (Å²) < 4.78 is 0. The molecule has 7 heavy (non-hydrogen) atoms. The summed E-state index contributed by atoms with van der Waals surface area (Å²) in [6.07, 6.45) is 1.43. The zero-order chi connectivity index (χ0) is 5.70. The highest BCUT2D eigenvalue weighted by Gasteiger charge is 1.94. The maximum absolute atomic E-state index is 8.54. The predicted molar refractivity (Wildman–Crippen MR) is 27.9 cm³/mol. The number of aliphatic hydroxyl groups excluding tert-OH is 2. The van der Waals surface area contributed by atoms with Gasteiger partial charge in [-0.2, -0.15) is 0 Å². The van der Waals surface area contributed by atoms with Gasteiger partial charge in [-0.1, -0.05) is 6.08 Å². The molecule has 2 nitrogen and oxygen atoms in total. The van der Waals surface area contributed by atoms with Crippen molar-refractivity contribution in [1.29, 1.82) is 0 Å². The first-order valence-corrected chi connectivity index (χ1v) is 2.21. The van der Waals surface area contributed by atoms with E-state index in [-0.39, 0.29) is 6.61 Å². The number of rotatable bonds is 3. The Labute approximate surface area is 43.1 Å². The first-order chi connectivity index (χ1) is 3.31. The molecule has 0 aliphatic rings. The van der Waals surface area contributed by atoms with Gasteiger partial charge in [0.15, 0.2) is 0 Å². The summed E-state index contributed by atoms with van der Waals surface area (Å²) in [5.74, 6) is 0. The van der Waals surface area contributed by atoms with Gasteiger partial charge in [-0.25, -0.2) is 0 Å². The zero-order valence-corrected chi connectivity index (χ0v) is 4.17. The second-order valence-electron chi connectivity index (χ2n) is 1.36. The predicted octanol–water partition coefficient (Wildman–Crippen LogP) is -0.0843. The fourth-order valence-corrected chi connectivity index (χ4v) is 0.267. The molecule has 0 aliphatic carbocycles. The van der Waals surface area contributed by atoms with Crippen LogP contribution in [0.25, 0.3) is 0 Å². The summed E-state index contributed by atoms with van der Waals surface area (Å²) in [6, 6.07) is 0. The molecule has 0 saturated heterocycles. The lowest BCUT2D eigenvalue weighted by atomic mass is 10.3. The number of aliphatic hydroxyl groups is 2. The van der Waals surface area contributed by atoms with Crippen LogP contribution >= 0.6 is 0 Å². The van der Waals surface area contributed by atoms with E-state index in [0.717, 1.165) is 0 Å². The van der Waals surface area contributed by atoms with Crippen LogP contribution in [0.15, 0.2) is 12.7 Å². The van der Waals surface area contributed by atoms with Crippen LogP contribution in [0.2, 0.25) is 0 Å². The third-order valence-electron chi connectivity index (χ3n) is 0.649. The van der Waals surface area contributed by atoms with Crippen LogP contribution in [0.1, 0.15) is 6.42 Å². The highest BCUT2D eigenvalue weighted by atomic mass is 16.3. The maximum Gasteiger partial charge on any atom is 0.0805 e. The van der Waals surface area contributed by atoms with Crippen LogP contribution in [-0.4, -0.2) is 22.9 Å². The maximum atomic E-state index is 8.54. The van der Waals surface area contributed by atoms with E-state index in [4.69, 9.17) is 10.2 Å². The second-order valence-corrected chi connectivity index (χ2v) is 1.36. The van der Waals surface area contributed by atoms with Gasteiger partial charge in [0.05, 0.1) is 12.7 Å². The normalized spacial score (nSPS) is 13.4. The van der Waals surface area contributed by atoms with E-state index in [2.05, 4.69) is 6.58 Å². The number of hydrogen-bond donors (Lipinski definition) is 2. The largest absolute Gasteiger partial charge is 0.394 e. The van der Waals surface area contributed by atoms with Gasteiger partial charge in [-0.3, -0.25) is 0 Å². The van der Waals surface area contributed by atoms with Gasteiger partial charge in [0.1, 0.15) is 0 Å². The van der Waals surface area contributed by atoms with Crippen LogP contribution in [0.4, 0.5) is 0 Å². The van der Waals surface area contributed by atoms with Gasteiger partial charge >= 0.3 is 0 Å². The molecule has 0 radical (unpaired) electrons. The van der Waals surface area contributed by atoms with Gasteiger partial charge in [0.2, 0.25) is 0 Å². The zero-order valence-electron chi connectivity index (χ0n) is 4.17. The highest BCUT2D eigenvalue weighted by Crippen LogP contribution is 1.87. The minimum Gasteiger partial charge on any atom is -0.394 e. The monoisotopic (exact) mass is 102 g/mol. The summed E-state index contributed by atoms with van der Waals surface area (Å²) in [5.41, 5.74) is 0. The van der Waals surface area contributed by atoms with E-state index >= 15 is 0 Å². The van der Waals surface area contributed by atoms with Crippen LogP contribution in [0, 0.1) is 0 Å². The van der Waals surface area contributed by atoms with E-state index in [1.54, 1.807) is 6.08 Å². The van der Waals surface area contributed by atoms with Crippen molar-refractivity contribution in [3.05, 3.63) is 12.7 Å². The lowest BCUT2D eigenvalue weighted by Gasteiger charge is -1.98. The van der Waals surface area contributed by atoms with E-state index in [1.165, 1.54) is 0 Å². The van der Waals surface area contributed by atoms with Crippen molar-refractivity contribution in [1.82, 2.24) is 0 Å². The van der Waals surface area contributed by atoms with Crippen molar-refractivity contribution in [2.24, 2.45) is 0 Å². The molecule has 0 rings (SSSR count). The Hall–Kier alpha value is -0.340. The Morgan fingerprint density at radius 2 is 2.29 bits per heavy atom. The van der Waals surface area contributed by atoms with Crippen molar-refractivity contribution >= 4 is 0 Å². The molecule has 0 bridgehead atoms. The molecule has 0 heterocycles. The van der Waals surface area contributed by atoms with Crippen molar-refractivity contribution in [2.75, 3.05) is 6.61 Å². The number of hydrogen-bond acceptors (Lipinski definition) is 2. The minimum atomic E-state index is -0.613. The Bertz CT molecular complexity index is 52.0. The van der Waals surface area contributed by atoms with Crippen molar-refractivity contribution in [2.45, 2.75) is 12.5 Å². The van der Waals surface area contributed by atoms with Gasteiger partial charge in [0, 0.05) is 0 Å². The molecule has 0 aromatic carbocycles. The molecular weight excluding hydrogens is 92.1 g/mol. The quantitative estimate of drug-likeness (QED) is 0.489. The Morgan fingerprint density at radius 1 is 1.71 bits per heavy atom. The van der Waals surface area contributed by atoms with E-state index in [9.17, 15) is 0 Å². The lowest BCUT2D eigenvalue weighted by molar-refractivity contribution is 0.0976. The molecule has 0 aliphatic heterocycles. The molecular formula is C5H10O2. The molecule has 1 atom stereocenters. The molecule has 0 fully saturated rings. The molecule has 0 aromatic rings. The summed E-state index contributed by atoms with van der Waals surface area (Å²) in [5, 5.41) is 16.7. The molecule has 2 heteroatoms. The van der Waals surface area contributed by atoms with Crippen LogP contribution < -0.4 is 0 Å². The molecule has 0 saturated carbocycles. The topological polar surface area (TPSA) is 40.5 Å².